The van der Waals surface area contributed by atoms with Gasteiger partial charge in [0.05, 0.1) is 11.0 Å². The molecule has 0 bridgehead atoms. The number of rotatable bonds is 7. The van der Waals surface area contributed by atoms with Gasteiger partial charge in [0.25, 0.3) is 5.91 Å². The zero-order valence-corrected chi connectivity index (χ0v) is 16.8. The minimum atomic E-state index is 0.0287. The number of nitrogens with zero attached hydrogens (tertiary/aromatic N) is 4. The Bertz CT molecular complexity index is 788. The number of aryl methyl sites for hydroxylation is 1. The fourth-order valence-electron chi connectivity index (χ4n) is 3.83. The second-order valence-electron chi connectivity index (χ2n) is 8.03. The Kier molecular flexibility index (Phi) is 6.14. The summed E-state index contributed by atoms with van der Waals surface area (Å²) in [7, 11) is 6.24. The summed E-state index contributed by atoms with van der Waals surface area (Å²) in [6.07, 6.45) is 0. The lowest BCUT2D eigenvalue weighted by Gasteiger charge is -2.25. The molecule has 1 fully saturated rings. The number of imidazole rings is 1. The SMILES string of the molecule is Cc1nc2ccc(C(=O)N3C[C@@H](CN(C)CCN(C)C)[C@@H](CO)C3)cc2[nH]1. The molecular formula is C20H31N5O2. The molecule has 0 saturated carbocycles. The summed E-state index contributed by atoms with van der Waals surface area (Å²) in [5.74, 6) is 1.30. The molecule has 0 unspecified atom stereocenters. The number of fused-ring (bicyclic) bond motifs is 1. The zero-order chi connectivity index (χ0) is 19.6. The summed E-state index contributed by atoms with van der Waals surface area (Å²) in [6.45, 7) is 6.20. The van der Waals surface area contributed by atoms with Crippen molar-refractivity contribution >= 4 is 16.9 Å². The lowest BCUT2D eigenvalue weighted by molar-refractivity contribution is 0.0779. The molecule has 1 saturated heterocycles. The summed E-state index contributed by atoms with van der Waals surface area (Å²) >= 11 is 0. The van der Waals surface area contributed by atoms with Crippen molar-refractivity contribution < 1.29 is 9.90 Å². The summed E-state index contributed by atoms with van der Waals surface area (Å²) in [5, 5.41) is 9.80. The minimum absolute atomic E-state index is 0.0287. The summed E-state index contributed by atoms with van der Waals surface area (Å²) in [4.78, 5) is 26.9. The van der Waals surface area contributed by atoms with Crippen LogP contribution in [-0.4, -0.2) is 96.2 Å². The van der Waals surface area contributed by atoms with Crippen molar-refractivity contribution in [1.82, 2.24) is 24.7 Å². The van der Waals surface area contributed by atoms with Gasteiger partial charge in [-0.2, -0.15) is 0 Å². The molecule has 7 nitrogen and oxygen atoms in total. The van der Waals surface area contributed by atoms with Crippen molar-refractivity contribution in [2.24, 2.45) is 11.8 Å². The third kappa shape index (κ3) is 4.66. The molecular weight excluding hydrogens is 342 g/mol. The number of aliphatic hydroxyl groups excluding tert-OH is 1. The Morgan fingerprint density at radius 2 is 2.00 bits per heavy atom. The summed E-state index contributed by atoms with van der Waals surface area (Å²) in [5.41, 5.74) is 2.43. The van der Waals surface area contributed by atoms with Gasteiger partial charge in [-0.3, -0.25) is 4.79 Å². The molecule has 27 heavy (non-hydrogen) atoms. The van der Waals surface area contributed by atoms with Gasteiger partial charge in [0.1, 0.15) is 5.82 Å². The molecule has 148 valence electrons. The maximum atomic E-state index is 13.0. The van der Waals surface area contributed by atoms with Gasteiger partial charge < -0.3 is 24.8 Å². The van der Waals surface area contributed by atoms with E-state index in [1.54, 1.807) is 0 Å². The molecule has 2 N–H and O–H groups in total. The highest BCUT2D eigenvalue weighted by atomic mass is 16.3. The second kappa shape index (κ2) is 8.37. The zero-order valence-electron chi connectivity index (χ0n) is 16.8. The van der Waals surface area contributed by atoms with Crippen molar-refractivity contribution in [3.63, 3.8) is 0 Å². The van der Waals surface area contributed by atoms with E-state index in [1.807, 2.05) is 30.0 Å². The number of nitrogens with one attached hydrogen (secondary N) is 1. The van der Waals surface area contributed by atoms with Crippen LogP contribution < -0.4 is 0 Å². The van der Waals surface area contributed by atoms with Gasteiger partial charge in [0.2, 0.25) is 0 Å². The number of H-pyrrole nitrogens is 1. The van der Waals surface area contributed by atoms with Gasteiger partial charge in [0.15, 0.2) is 0 Å². The van der Waals surface area contributed by atoms with Gasteiger partial charge in [-0.15, -0.1) is 0 Å². The maximum Gasteiger partial charge on any atom is 0.253 e. The first kappa shape index (κ1) is 19.8. The average molecular weight is 374 g/mol. The fraction of sp³-hybridized carbons (Fsp3) is 0.600. The van der Waals surface area contributed by atoms with E-state index in [1.165, 1.54) is 0 Å². The molecule has 0 spiro atoms. The molecule has 2 atom stereocenters. The lowest BCUT2D eigenvalue weighted by Crippen LogP contribution is -2.35. The van der Waals surface area contributed by atoms with Crippen LogP contribution in [0.15, 0.2) is 18.2 Å². The second-order valence-corrected chi connectivity index (χ2v) is 8.03. The largest absolute Gasteiger partial charge is 0.396 e. The highest BCUT2D eigenvalue weighted by molar-refractivity contribution is 5.97. The summed E-state index contributed by atoms with van der Waals surface area (Å²) < 4.78 is 0. The van der Waals surface area contributed by atoms with E-state index in [2.05, 4.69) is 40.9 Å². The highest BCUT2D eigenvalue weighted by Crippen LogP contribution is 2.26. The van der Waals surface area contributed by atoms with Crippen molar-refractivity contribution in [3.8, 4) is 0 Å². The van der Waals surface area contributed by atoms with Crippen LogP contribution in [0.2, 0.25) is 0 Å². The number of aromatic amines is 1. The summed E-state index contributed by atoms with van der Waals surface area (Å²) in [6, 6.07) is 5.61. The van der Waals surface area contributed by atoms with Crippen LogP contribution in [0.4, 0.5) is 0 Å². The minimum Gasteiger partial charge on any atom is -0.396 e. The van der Waals surface area contributed by atoms with E-state index < -0.39 is 0 Å². The van der Waals surface area contributed by atoms with Crippen LogP contribution in [0.25, 0.3) is 11.0 Å². The lowest BCUT2D eigenvalue weighted by atomic mass is 9.96. The van der Waals surface area contributed by atoms with Gasteiger partial charge in [-0.1, -0.05) is 0 Å². The first-order chi connectivity index (χ1) is 12.9. The maximum absolute atomic E-state index is 13.0. The Hall–Kier alpha value is -1.96. The quantitative estimate of drug-likeness (QED) is 0.759. The molecule has 3 rings (SSSR count). The van der Waals surface area contributed by atoms with Crippen LogP contribution in [0.5, 0.6) is 0 Å². The van der Waals surface area contributed by atoms with Gasteiger partial charge in [-0.05, 0) is 52.2 Å². The van der Waals surface area contributed by atoms with Gasteiger partial charge in [-0.25, -0.2) is 4.98 Å². The number of aliphatic hydroxyl groups is 1. The molecule has 2 aromatic rings. The van der Waals surface area contributed by atoms with E-state index in [4.69, 9.17) is 0 Å². The van der Waals surface area contributed by atoms with Crippen molar-refractivity contribution in [3.05, 3.63) is 29.6 Å². The molecule has 0 aliphatic carbocycles. The third-order valence-corrected chi connectivity index (χ3v) is 5.42. The Labute approximate surface area is 161 Å². The van der Waals surface area contributed by atoms with E-state index in [0.717, 1.165) is 36.5 Å². The van der Waals surface area contributed by atoms with Crippen LogP contribution in [0.1, 0.15) is 16.2 Å². The molecule has 1 aliphatic heterocycles. The monoisotopic (exact) mass is 373 g/mol. The van der Waals surface area contributed by atoms with Crippen LogP contribution in [0, 0.1) is 18.8 Å². The van der Waals surface area contributed by atoms with E-state index in [0.29, 0.717) is 24.6 Å². The van der Waals surface area contributed by atoms with E-state index >= 15 is 0 Å². The number of aromatic nitrogens is 2. The van der Waals surface area contributed by atoms with Crippen LogP contribution in [0.3, 0.4) is 0 Å². The van der Waals surface area contributed by atoms with Crippen molar-refractivity contribution in [2.75, 3.05) is 60.5 Å². The first-order valence-electron chi connectivity index (χ1n) is 9.57. The molecule has 2 heterocycles. The standard InChI is InChI=1S/C20H31N5O2/c1-14-21-18-6-5-15(9-19(18)22-14)20(27)25-11-16(17(12-25)13-26)10-24(4)8-7-23(2)3/h5-6,9,16-17,26H,7-8,10-13H2,1-4H3,(H,21,22)/t16-,17-/m1/s1. The Morgan fingerprint density at radius 1 is 1.26 bits per heavy atom. The number of hydrogen-bond acceptors (Lipinski definition) is 5. The first-order valence-corrected chi connectivity index (χ1v) is 9.57. The molecule has 1 amide bonds. The van der Waals surface area contributed by atoms with E-state index in [-0.39, 0.29) is 18.4 Å². The van der Waals surface area contributed by atoms with Gasteiger partial charge in [0, 0.05) is 50.8 Å². The predicted molar refractivity (Wildman–Crippen MR) is 107 cm³/mol. The van der Waals surface area contributed by atoms with Gasteiger partial charge >= 0.3 is 0 Å². The molecule has 7 heteroatoms. The van der Waals surface area contributed by atoms with E-state index in [9.17, 15) is 9.90 Å². The normalized spacial score (nSPS) is 20.3. The number of likely N-dealkylation sites (N-methyl/N-ethyl adjacent to an activating group) is 2. The Balaban J connectivity index is 1.66. The van der Waals surface area contributed by atoms with Crippen molar-refractivity contribution in [2.45, 2.75) is 6.92 Å². The number of carbonyl (C=O) groups excluding carboxylic acids is 1. The predicted octanol–water partition coefficient (Wildman–Crippen LogP) is 1.05. The molecule has 1 aromatic heterocycles. The number of benzene rings is 1. The third-order valence-electron chi connectivity index (χ3n) is 5.42. The molecule has 1 aliphatic rings. The Morgan fingerprint density at radius 3 is 2.70 bits per heavy atom. The number of hydrogen-bond donors (Lipinski definition) is 2. The smallest absolute Gasteiger partial charge is 0.253 e. The van der Waals surface area contributed by atoms with Crippen LogP contribution >= 0.6 is 0 Å². The fourth-order valence-corrected chi connectivity index (χ4v) is 3.83. The van der Waals surface area contributed by atoms with Crippen molar-refractivity contribution in [1.29, 1.82) is 0 Å². The average Bonchev–Trinajstić information content (AvgIpc) is 3.20. The molecule has 1 aromatic carbocycles. The number of amides is 1. The van der Waals surface area contributed by atoms with Crippen LogP contribution in [-0.2, 0) is 0 Å². The highest BCUT2D eigenvalue weighted by Gasteiger charge is 2.35. The topological polar surface area (TPSA) is 75.7 Å². The number of likely N-dealkylation sites (tertiary alicyclic amines) is 1. The molecule has 0 radical (unpaired) electrons. The number of carbonyl (C=O) groups is 1.